The van der Waals surface area contributed by atoms with E-state index in [2.05, 4.69) is 46.1 Å². The van der Waals surface area contributed by atoms with E-state index >= 15 is 0 Å². The molecule has 0 aromatic carbocycles. The molecule has 0 bridgehead atoms. The summed E-state index contributed by atoms with van der Waals surface area (Å²) in [5.41, 5.74) is 3.72. The number of rotatable bonds is 2. The van der Waals surface area contributed by atoms with Gasteiger partial charge in [-0.2, -0.15) is 0 Å². The van der Waals surface area contributed by atoms with Crippen molar-refractivity contribution >= 4 is 8.07 Å². The Hall–Kier alpha value is -0.523. The van der Waals surface area contributed by atoms with Crippen molar-refractivity contribution in [3.8, 4) is 0 Å². The highest BCUT2D eigenvalue weighted by molar-refractivity contribution is 6.83. The van der Waals surface area contributed by atoms with Crippen LogP contribution in [0.3, 0.4) is 0 Å². The van der Waals surface area contributed by atoms with Crippen molar-refractivity contribution in [3.05, 3.63) is 29.2 Å². The van der Waals surface area contributed by atoms with E-state index in [4.69, 9.17) is 0 Å². The summed E-state index contributed by atoms with van der Waals surface area (Å²) in [5, 5.41) is 1.50. The van der Waals surface area contributed by atoms with E-state index in [-0.39, 0.29) is 5.41 Å². The highest BCUT2D eigenvalue weighted by atomic mass is 28.3. The van der Waals surface area contributed by atoms with Crippen LogP contribution in [0, 0.1) is 5.41 Å². The first-order valence-corrected chi connectivity index (χ1v) is 8.78. The maximum absolute atomic E-state index is 3.47. The first-order valence-electron chi connectivity index (χ1n) is 5.28. The molecule has 0 aromatic heterocycles. The summed E-state index contributed by atoms with van der Waals surface area (Å²) >= 11 is 0. The van der Waals surface area contributed by atoms with Gasteiger partial charge in [-0.1, -0.05) is 52.6 Å². The fraction of sp³-hybridized carbons (Fsp3) is 0.615. The average Bonchev–Trinajstić information content (AvgIpc) is 1.92. The van der Waals surface area contributed by atoms with Gasteiger partial charge >= 0.3 is 0 Å². The highest BCUT2D eigenvalue weighted by Crippen LogP contribution is 2.31. The monoisotopic (exact) mass is 208 g/mol. The summed E-state index contributed by atoms with van der Waals surface area (Å²) in [4.78, 5) is 0. The van der Waals surface area contributed by atoms with Crippen molar-refractivity contribution < 1.29 is 0 Å². The fourth-order valence-corrected chi connectivity index (χ4v) is 4.55. The molecule has 0 amide bonds. The second-order valence-electron chi connectivity index (χ2n) is 5.71. The number of hydrogen-bond acceptors (Lipinski definition) is 0. The van der Waals surface area contributed by atoms with Gasteiger partial charge in [-0.25, -0.2) is 0 Å². The third-order valence-corrected chi connectivity index (χ3v) is 4.41. The van der Waals surface area contributed by atoms with Gasteiger partial charge in [0.25, 0.3) is 0 Å². The normalized spacial score (nSPS) is 12.8. The molecule has 0 spiro atoms. The van der Waals surface area contributed by atoms with Crippen LogP contribution in [0.5, 0.6) is 0 Å². The molecule has 0 aliphatic heterocycles. The Morgan fingerprint density at radius 2 is 1.64 bits per heavy atom. The van der Waals surface area contributed by atoms with Crippen molar-refractivity contribution in [1.82, 2.24) is 0 Å². The molecule has 14 heavy (non-hydrogen) atoms. The minimum absolute atomic E-state index is 0.253. The fourth-order valence-electron chi connectivity index (χ4n) is 1.79. The molecule has 0 aliphatic carbocycles. The number of hydrogen-bond donors (Lipinski definition) is 0. The Bertz CT molecular complexity index is 247. The van der Waals surface area contributed by atoms with Crippen LogP contribution in [-0.4, -0.2) is 8.07 Å². The van der Waals surface area contributed by atoms with Crippen LogP contribution < -0.4 is 0 Å². The van der Waals surface area contributed by atoms with E-state index < -0.39 is 8.07 Å². The van der Waals surface area contributed by atoms with Crippen molar-refractivity contribution in [2.45, 2.75) is 47.3 Å². The molecular formula is C13H24Si. The molecule has 0 radical (unpaired) electrons. The zero-order valence-electron chi connectivity index (χ0n) is 10.7. The predicted molar refractivity (Wildman–Crippen MR) is 69.2 cm³/mol. The van der Waals surface area contributed by atoms with Gasteiger partial charge in [-0.15, -0.1) is 5.73 Å². The summed E-state index contributed by atoms with van der Waals surface area (Å²) in [6.07, 6.45) is 6.13. The largest absolute Gasteiger partial charge is 0.126 e. The minimum atomic E-state index is -1.23. The second kappa shape index (κ2) is 4.81. The Morgan fingerprint density at radius 1 is 1.14 bits per heavy atom. The van der Waals surface area contributed by atoms with Crippen LogP contribution in [0.1, 0.15) is 27.7 Å². The smallest absolute Gasteiger partial charge is 0.0830 e. The highest BCUT2D eigenvalue weighted by Gasteiger charge is 2.29. The van der Waals surface area contributed by atoms with E-state index in [9.17, 15) is 0 Å². The van der Waals surface area contributed by atoms with Gasteiger partial charge in [0.15, 0.2) is 0 Å². The first kappa shape index (κ1) is 13.5. The SMILES string of the molecule is C/C=C/C=C=C(C(C)(C)C)[Si](C)(C)C. The molecule has 0 heterocycles. The topological polar surface area (TPSA) is 0 Å². The molecule has 0 nitrogen and oxygen atoms in total. The first-order chi connectivity index (χ1) is 6.19. The van der Waals surface area contributed by atoms with E-state index in [1.54, 1.807) is 0 Å². The number of allylic oxidation sites excluding steroid dienone is 3. The van der Waals surface area contributed by atoms with E-state index in [0.29, 0.717) is 0 Å². The predicted octanol–water partition coefficient (Wildman–Crippen LogP) is 4.57. The lowest BCUT2D eigenvalue weighted by molar-refractivity contribution is 0.526. The minimum Gasteiger partial charge on any atom is -0.126 e. The van der Waals surface area contributed by atoms with Crippen molar-refractivity contribution in [2.24, 2.45) is 5.41 Å². The zero-order valence-corrected chi connectivity index (χ0v) is 11.7. The van der Waals surface area contributed by atoms with Gasteiger partial charge in [-0.05, 0) is 23.6 Å². The summed E-state index contributed by atoms with van der Waals surface area (Å²) in [6, 6.07) is 0. The van der Waals surface area contributed by atoms with Crippen LogP contribution in [0.25, 0.3) is 0 Å². The molecule has 0 rings (SSSR count). The van der Waals surface area contributed by atoms with E-state index in [1.807, 2.05) is 25.2 Å². The molecule has 0 saturated carbocycles. The zero-order chi connectivity index (χ0) is 11.4. The molecule has 0 aliphatic rings. The summed E-state index contributed by atoms with van der Waals surface area (Å²) in [5.74, 6) is 0. The van der Waals surface area contributed by atoms with Gasteiger partial charge in [0, 0.05) is 0 Å². The van der Waals surface area contributed by atoms with Crippen LogP contribution >= 0.6 is 0 Å². The van der Waals surface area contributed by atoms with E-state index in [0.717, 1.165) is 0 Å². The standard InChI is InChI=1S/C13H24Si/c1-8-9-10-11-12(13(2,3)4)14(5,6)7/h8-10H,1-7H3/b9-8+. The molecule has 0 fully saturated rings. The lowest BCUT2D eigenvalue weighted by atomic mass is 9.96. The van der Waals surface area contributed by atoms with Gasteiger partial charge in [0.05, 0.1) is 8.07 Å². The lowest BCUT2D eigenvalue weighted by Gasteiger charge is -2.30. The molecule has 0 N–H and O–H groups in total. The van der Waals surface area contributed by atoms with Gasteiger partial charge in [0.1, 0.15) is 0 Å². The third kappa shape index (κ3) is 4.64. The molecule has 0 saturated heterocycles. The molecule has 0 aromatic rings. The van der Waals surface area contributed by atoms with Crippen LogP contribution in [-0.2, 0) is 0 Å². The lowest BCUT2D eigenvalue weighted by Crippen LogP contribution is -2.31. The maximum atomic E-state index is 3.47. The van der Waals surface area contributed by atoms with Crippen LogP contribution in [0.15, 0.2) is 29.2 Å². The van der Waals surface area contributed by atoms with Crippen molar-refractivity contribution in [1.29, 1.82) is 0 Å². The Morgan fingerprint density at radius 3 is 1.93 bits per heavy atom. The van der Waals surface area contributed by atoms with Crippen LogP contribution in [0.2, 0.25) is 19.6 Å². The maximum Gasteiger partial charge on any atom is 0.0830 e. The second-order valence-corrected chi connectivity index (χ2v) is 10.7. The van der Waals surface area contributed by atoms with Crippen molar-refractivity contribution in [2.75, 3.05) is 0 Å². The Balaban J connectivity index is 5.24. The van der Waals surface area contributed by atoms with Gasteiger partial charge in [0.2, 0.25) is 0 Å². The Kier molecular flexibility index (Phi) is 4.63. The summed E-state index contributed by atoms with van der Waals surface area (Å²) in [7, 11) is -1.23. The molecule has 0 atom stereocenters. The molecular weight excluding hydrogens is 184 g/mol. The molecule has 1 heteroatoms. The van der Waals surface area contributed by atoms with Gasteiger partial charge in [-0.3, -0.25) is 0 Å². The summed E-state index contributed by atoms with van der Waals surface area (Å²) < 4.78 is 0. The Labute approximate surface area is 90.4 Å². The summed E-state index contributed by atoms with van der Waals surface area (Å²) in [6.45, 7) is 16.0. The van der Waals surface area contributed by atoms with E-state index in [1.165, 1.54) is 5.20 Å². The van der Waals surface area contributed by atoms with Gasteiger partial charge < -0.3 is 0 Å². The van der Waals surface area contributed by atoms with Crippen molar-refractivity contribution in [3.63, 3.8) is 0 Å². The molecule has 80 valence electrons. The quantitative estimate of drug-likeness (QED) is 0.354. The van der Waals surface area contributed by atoms with Crippen LogP contribution in [0.4, 0.5) is 0 Å². The third-order valence-electron chi connectivity index (χ3n) is 2.02. The average molecular weight is 208 g/mol. The molecule has 0 unspecified atom stereocenters.